The summed E-state index contributed by atoms with van der Waals surface area (Å²) < 4.78 is 9.26. The van der Waals surface area contributed by atoms with Gasteiger partial charge in [-0.2, -0.15) is 4.37 Å². The zero-order valence-electron chi connectivity index (χ0n) is 7.32. The molecule has 2 heterocycles. The highest BCUT2D eigenvalue weighted by atomic mass is 32.1. The van der Waals surface area contributed by atoms with E-state index in [2.05, 4.69) is 9.69 Å². The minimum atomic E-state index is 0.593. The maximum absolute atomic E-state index is 5.50. The van der Waals surface area contributed by atoms with Gasteiger partial charge in [0.1, 0.15) is 10.8 Å². The fraction of sp³-hybridized carbons (Fsp3) is 0.625. The van der Waals surface area contributed by atoms with E-state index in [1.165, 1.54) is 11.5 Å². The van der Waals surface area contributed by atoms with E-state index >= 15 is 0 Å². The zero-order chi connectivity index (χ0) is 9.10. The summed E-state index contributed by atoms with van der Waals surface area (Å²) in [5, 5.41) is 4.35. The Morgan fingerprint density at radius 3 is 3.31 bits per heavy atom. The number of nitrogens with two attached hydrogens (primary N) is 1. The number of anilines is 2. The van der Waals surface area contributed by atoms with Gasteiger partial charge in [-0.15, -0.1) is 0 Å². The normalized spacial score (nSPS) is 22.0. The topological polar surface area (TPSA) is 60.2 Å². The van der Waals surface area contributed by atoms with Crippen LogP contribution in [0.3, 0.4) is 0 Å². The summed E-state index contributed by atoms with van der Waals surface area (Å²) in [5.41, 5.74) is 5.50. The van der Waals surface area contributed by atoms with Gasteiger partial charge in [0.25, 0.3) is 0 Å². The Morgan fingerprint density at radius 1 is 1.77 bits per heavy atom. The zero-order valence-corrected chi connectivity index (χ0v) is 8.14. The van der Waals surface area contributed by atoms with Crippen molar-refractivity contribution in [3.63, 3.8) is 0 Å². The first-order chi connectivity index (χ1) is 6.34. The number of hydrogen-bond donors (Lipinski definition) is 2. The molecule has 72 valence electrons. The maximum atomic E-state index is 5.50. The van der Waals surface area contributed by atoms with Gasteiger partial charge in [-0.25, -0.2) is 0 Å². The van der Waals surface area contributed by atoms with Crippen LogP contribution < -0.4 is 11.1 Å². The Morgan fingerprint density at radius 2 is 2.69 bits per heavy atom. The molecule has 0 spiro atoms. The second-order valence-corrected chi connectivity index (χ2v) is 4.03. The summed E-state index contributed by atoms with van der Waals surface area (Å²) in [6.07, 6.45) is 1.15. The average molecular weight is 199 g/mol. The van der Waals surface area contributed by atoms with E-state index in [-0.39, 0.29) is 0 Å². The van der Waals surface area contributed by atoms with Gasteiger partial charge >= 0.3 is 0 Å². The minimum Gasteiger partial charge on any atom is -0.383 e. The van der Waals surface area contributed by atoms with Crippen LogP contribution in [0.25, 0.3) is 0 Å². The van der Waals surface area contributed by atoms with Gasteiger partial charge in [0.2, 0.25) is 0 Å². The summed E-state index contributed by atoms with van der Waals surface area (Å²) in [4.78, 5) is 0. The number of ether oxygens (including phenoxy) is 1. The lowest BCUT2D eigenvalue weighted by Gasteiger charge is -2.07. The molecule has 1 saturated heterocycles. The van der Waals surface area contributed by atoms with Crippen LogP contribution in [0.1, 0.15) is 6.42 Å². The van der Waals surface area contributed by atoms with E-state index in [4.69, 9.17) is 10.5 Å². The number of nitrogens with one attached hydrogen (secondary N) is 1. The highest BCUT2D eigenvalue weighted by molar-refractivity contribution is 7.10. The largest absolute Gasteiger partial charge is 0.383 e. The second kappa shape index (κ2) is 3.93. The van der Waals surface area contributed by atoms with Crippen molar-refractivity contribution in [1.29, 1.82) is 0 Å². The molecular formula is C8H13N3OS. The highest BCUT2D eigenvalue weighted by Crippen LogP contribution is 2.19. The monoisotopic (exact) mass is 199 g/mol. The van der Waals surface area contributed by atoms with Crippen LogP contribution in [-0.4, -0.2) is 24.1 Å². The van der Waals surface area contributed by atoms with Crippen molar-refractivity contribution in [3.05, 3.63) is 6.07 Å². The number of hydrogen-bond acceptors (Lipinski definition) is 5. The Bertz CT molecular complexity index is 270. The predicted octanol–water partition coefficient (Wildman–Crippen LogP) is 1.17. The summed E-state index contributed by atoms with van der Waals surface area (Å²) in [5.74, 6) is 1.23. The minimum absolute atomic E-state index is 0.593. The standard InChI is InChI=1S/C8H13N3OS/c9-7-3-8(13-11-7)10-4-6-1-2-12-5-6/h3,6,10H,1-2,4-5H2,(H2,9,11). The molecule has 0 radical (unpaired) electrons. The van der Waals surface area contributed by atoms with E-state index in [0.717, 1.165) is 31.2 Å². The maximum Gasteiger partial charge on any atom is 0.139 e. The lowest BCUT2D eigenvalue weighted by atomic mass is 10.1. The molecule has 1 aromatic heterocycles. The van der Waals surface area contributed by atoms with Crippen molar-refractivity contribution in [3.8, 4) is 0 Å². The van der Waals surface area contributed by atoms with Crippen molar-refractivity contribution in [2.75, 3.05) is 30.8 Å². The van der Waals surface area contributed by atoms with Gasteiger partial charge in [0.15, 0.2) is 0 Å². The van der Waals surface area contributed by atoms with Gasteiger partial charge < -0.3 is 15.8 Å². The Balaban J connectivity index is 1.78. The van der Waals surface area contributed by atoms with Gasteiger partial charge in [-0.1, -0.05) is 0 Å². The van der Waals surface area contributed by atoms with Crippen LogP contribution in [0, 0.1) is 5.92 Å². The molecule has 4 nitrogen and oxygen atoms in total. The summed E-state index contributed by atoms with van der Waals surface area (Å²) >= 11 is 1.41. The molecular weight excluding hydrogens is 186 g/mol. The highest BCUT2D eigenvalue weighted by Gasteiger charge is 2.15. The van der Waals surface area contributed by atoms with E-state index in [9.17, 15) is 0 Å². The van der Waals surface area contributed by atoms with Crippen LogP contribution in [0.2, 0.25) is 0 Å². The molecule has 13 heavy (non-hydrogen) atoms. The van der Waals surface area contributed by atoms with Crippen molar-refractivity contribution >= 4 is 22.4 Å². The molecule has 0 amide bonds. The van der Waals surface area contributed by atoms with Gasteiger partial charge in [-0.05, 0) is 18.0 Å². The van der Waals surface area contributed by atoms with E-state index in [1.54, 1.807) is 0 Å². The summed E-state index contributed by atoms with van der Waals surface area (Å²) in [6.45, 7) is 2.74. The molecule has 5 heteroatoms. The molecule has 0 bridgehead atoms. The van der Waals surface area contributed by atoms with Crippen LogP contribution in [0.4, 0.5) is 10.8 Å². The van der Waals surface area contributed by atoms with Crippen molar-refractivity contribution in [2.24, 2.45) is 5.92 Å². The van der Waals surface area contributed by atoms with Crippen molar-refractivity contribution in [2.45, 2.75) is 6.42 Å². The number of nitrogens with zero attached hydrogens (tertiary/aromatic N) is 1. The van der Waals surface area contributed by atoms with E-state index in [0.29, 0.717) is 11.7 Å². The molecule has 0 saturated carbocycles. The Labute approximate surface area is 81.3 Å². The first-order valence-electron chi connectivity index (χ1n) is 4.38. The number of rotatable bonds is 3. The molecule has 1 atom stereocenters. The Hall–Kier alpha value is -0.810. The lowest BCUT2D eigenvalue weighted by molar-refractivity contribution is 0.187. The quantitative estimate of drug-likeness (QED) is 0.767. The van der Waals surface area contributed by atoms with E-state index < -0.39 is 0 Å². The van der Waals surface area contributed by atoms with Gasteiger partial charge in [0, 0.05) is 25.1 Å². The third-order valence-corrected chi connectivity index (χ3v) is 2.88. The Kier molecular flexibility index (Phi) is 2.65. The molecule has 1 aliphatic heterocycles. The van der Waals surface area contributed by atoms with Crippen molar-refractivity contribution < 1.29 is 4.74 Å². The third kappa shape index (κ3) is 2.32. The third-order valence-electron chi connectivity index (χ3n) is 2.12. The molecule has 0 aliphatic carbocycles. The molecule has 1 aliphatic rings. The van der Waals surface area contributed by atoms with E-state index in [1.807, 2.05) is 6.07 Å². The second-order valence-electron chi connectivity index (χ2n) is 3.23. The number of nitrogen functional groups attached to an aromatic ring is 1. The first kappa shape index (κ1) is 8.77. The van der Waals surface area contributed by atoms with Crippen LogP contribution in [-0.2, 0) is 4.74 Å². The molecule has 0 aromatic carbocycles. The van der Waals surface area contributed by atoms with Crippen LogP contribution in [0.15, 0.2) is 6.07 Å². The molecule has 1 fully saturated rings. The van der Waals surface area contributed by atoms with Gasteiger partial charge in [0.05, 0.1) is 6.61 Å². The molecule has 1 aromatic rings. The predicted molar refractivity (Wildman–Crippen MR) is 53.9 cm³/mol. The smallest absolute Gasteiger partial charge is 0.139 e. The fourth-order valence-corrected chi connectivity index (χ4v) is 1.94. The van der Waals surface area contributed by atoms with Crippen LogP contribution >= 0.6 is 11.5 Å². The molecule has 1 unspecified atom stereocenters. The fourth-order valence-electron chi connectivity index (χ4n) is 1.36. The van der Waals surface area contributed by atoms with Gasteiger partial charge in [-0.3, -0.25) is 0 Å². The molecule has 2 rings (SSSR count). The summed E-state index contributed by atoms with van der Waals surface area (Å²) in [6, 6.07) is 1.86. The molecule has 3 N–H and O–H groups in total. The lowest BCUT2D eigenvalue weighted by Crippen LogP contribution is -2.13. The number of aromatic nitrogens is 1. The average Bonchev–Trinajstić information content (AvgIpc) is 2.71. The van der Waals surface area contributed by atoms with Crippen molar-refractivity contribution in [1.82, 2.24) is 4.37 Å². The van der Waals surface area contributed by atoms with Crippen LogP contribution in [0.5, 0.6) is 0 Å². The SMILES string of the molecule is Nc1cc(NCC2CCOC2)sn1. The first-order valence-corrected chi connectivity index (χ1v) is 5.16. The summed E-state index contributed by atoms with van der Waals surface area (Å²) in [7, 11) is 0.